The second-order valence-electron chi connectivity index (χ2n) is 3.94. The van der Waals surface area contributed by atoms with Gasteiger partial charge in [0, 0.05) is 17.9 Å². The minimum Gasteiger partial charge on any atom is -0.491 e. The molecule has 1 fully saturated rings. The van der Waals surface area contributed by atoms with Crippen LogP contribution in [0.2, 0.25) is 0 Å². The van der Waals surface area contributed by atoms with Gasteiger partial charge in [0.2, 0.25) is 0 Å². The van der Waals surface area contributed by atoms with Crippen LogP contribution in [0.3, 0.4) is 0 Å². The van der Waals surface area contributed by atoms with E-state index in [0.29, 0.717) is 18.1 Å². The Balaban J connectivity index is 1.83. The molecular weight excluding hydrogens is 272 g/mol. The summed E-state index contributed by atoms with van der Waals surface area (Å²) in [4.78, 5) is 20.7. The summed E-state index contributed by atoms with van der Waals surface area (Å²) < 4.78 is 5.45. The molecule has 2 unspecified atom stereocenters. The topological polar surface area (TPSA) is 102 Å². The molecule has 1 aliphatic heterocycles. The first-order chi connectivity index (χ1) is 9.06. The number of rotatable bonds is 5. The zero-order valence-electron chi connectivity index (χ0n) is 9.81. The summed E-state index contributed by atoms with van der Waals surface area (Å²) in [5.74, 6) is 0.154. The van der Waals surface area contributed by atoms with Crippen LogP contribution in [-0.4, -0.2) is 39.8 Å². The molecule has 1 aromatic carbocycles. The van der Waals surface area contributed by atoms with Crippen molar-refractivity contribution in [2.24, 2.45) is 0 Å². The third-order valence-electron chi connectivity index (χ3n) is 2.60. The van der Waals surface area contributed by atoms with Crippen LogP contribution in [0.4, 0.5) is 5.69 Å². The van der Waals surface area contributed by atoms with Crippen molar-refractivity contribution in [2.75, 3.05) is 12.4 Å². The van der Waals surface area contributed by atoms with E-state index < -0.39 is 16.9 Å². The monoisotopic (exact) mass is 284 g/mol. The average molecular weight is 284 g/mol. The Bertz CT molecular complexity index is 478. The predicted molar refractivity (Wildman–Crippen MR) is 69.4 cm³/mol. The number of carboxylic acid groups (broad SMARTS) is 1. The van der Waals surface area contributed by atoms with Crippen LogP contribution in [0.25, 0.3) is 0 Å². The highest BCUT2D eigenvalue weighted by molar-refractivity contribution is 8.00. The fourth-order valence-electron chi connectivity index (χ4n) is 1.61. The van der Waals surface area contributed by atoms with Gasteiger partial charge in [0.05, 0.1) is 10.3 Å². The van der Waals surface area contributed by atoms with Gasteiger partial charge < -0.3 is 9.84 Å². The molecule has 8 heteroatoms. The number of carboxylic acids is 1. The lowest BCUT2D eigenvalue weighted by Gasteiger charge is -2.12. The number of ether oxygens (including phenoxy) is 1. The summed E-state index contributed by atoms with van der Waals surface area (Å²) in [6.07, 6.45) is 0. The van der Waals surface area contributed by atoms with Crippen molar-refractivity contribution in [3.63, 3.8) is 0 Å². The summed E-state index contributed by atoms with van der Waals surface area (Å²) in [6, 6.07) is 5.23. The average Bonchev–Trinajstić information content (AvgIpc) is 2.86. The number of non-ortho nitro benzene ring substituents is 1. The first kappa shape index (κ1) is 13.6. The minimum absolute atomic E-state index is 0.00616. The van der Waals surface area contributed by atoms with Gasteiger partial charge in [0.1, 0.15) is 18.4 Å². The Morgan fingerprint density at radius 1 is 1.53 bits per heavy atom. The van der Waals surface area contributed by atoms with Gasteiger partial charge in [-0.05, 0) is 12.1 Å². The van der Waals surface area contributed by atoms with E-state index in [2.05, 4.69) is 5.32 Å². The lowest BCUT2D eigenvalue weighted by molar-refractivity contribution is -0.384. The Morgan fingerprint density at radius 3 is 2.74 bits per heavy atom. The maximum absolute atomic E-state index is 10.7. The number of nitrogens with one attached hydrogen (secondary N) is 1. The second-order valence-corrected chi connectivity index (χ2v) is 5.18. The van der Waals surface area contributed by atoms with Gasteiger partial charge in [-0.25, -0.2) is 0 Å². The SMILES string of the molecule is O=C(O)C1CSC(COc2ccc([N+](=O)[O-])cc2)N1. The van der Waals surface area contributed by atoms with E-state index in [1.54, 1.807) is 0 Å². The number of hydrogen-bond acceptors (Lipinski definition) is 6. The normalized spacial score (nSPS) is 22.1. The molecule has 0 saturated carbocycles. The smallest absolute Gasteiger partial charge is 0.321 e. The minimum atomic E-state index is -0.870. The largest absolute Gasteiger partial charge is 0.491 e. The molecule has 7 nitrogen and oxygen atoms in total. The van der Waals surface area contributed by atoms with Crippen molar-refractivity contribution in [1.82, 2.24) is 5.32 Å². The van der Waals surface area contributed by atoms with E-state index in [1.165, 1.54) is 36.0 Å². The second kappa shape index (κ2) is 5.89. The summed E-state index contributed by atoms with van der Waals surface area (Å²) in [6.45, 7) is 0.312. The summed E-state index contributed by atoms with van der Waals surface area (Å²) in [5.41, 5.74) is 0.00616. The van der Waals surface area contributed by atoms with Gasteiger partial charge in [0.15, 0.2) is 0 Å². The quantitative estimate of drug-likeness (QED) is 0.616. The lowest BCUT2D eigenvalue weighted by atomic mass is 10.3. The molecule has 0 aliphatic carbocycles. The highest BCUT2D eigenvalue weighted by atomic mass is 32.2. The van der Waals surface area contributed by atoms with E-state index in [-0.39, 0.29) is 11.1 Å². The molecule has 0 aromatic heterocycles. The molecule has 19 heavy (non-hydrogen) atoms. The van der Waals surface area contributed by atoms with Crippen molar-refractivity contribution in [2.45, 2.75) is 11.4 Å². The number of hydrogen-bond donors (Lipinski definition) is 2. The first-order valence-electron chi connectivity index (χ1n) is 5.54. The molecule has 0 radical (unpaired) electrons. The van der Waals surface area contributed by atoms with Gasteiger partial charge in [-0.3, -0.25) is 20.2 Å². The van der Waals surface area contributed by atoms with Crippen LogP contribution in [0.15, 0.2) is 24.3 Å². The third-order valence-corrected chi connectivity index (χ3v) is 3.80. The maximum Gasteiger partial charge on any atom is 0.321 e. The summed E-state index contributed by atoms with van der Waals surface area (Å²) >= 11 is 1.48. The molecule has 0 spiro atoms. The molecule has 0 bridgehead atoms. The number of nitro groups is 1. The zero-order chi connectivity index (χ0) is 13.8. The molecule has 0 amide bonds. The number of thioether (sulfide) groups is 1. The summed E-state index contributed by atoms with van der Waals surface area (Å²) in [5, 5.41) is 22.1. The number of aliphatic carboxylic acids is 1. The Hall–Kier alpha value is -1.80. The van der Waals surface area contributed by atoms with Gasteiger partial charge in [0.25, 0.3) is 5.69 Å². The Kier molecular flexibility index (Phi) is 4.23. The van der Waals surface area contributed by atoms with Gasteiger partial charge in [-0.1, -0.05) is 0 Å². The van der Waals surface area contributed by atoms with Crippen LogP contribution in [0.1, 0.15) is 0 Å². The Labute approximate surface area is 113 Å². The van der Waals surface area contributed by atoms with Gasteiger partial charge in [-0.15, -0.1) is 11.8 Å². The molecule has 1 heterocycles. The first-order valence-corrected chi connectivity index (χ1v) is 6.59. The number of benzene rings is 1. The predicted octanol–water partition coefficient (Wildman–Crippen LogP) is 1.09. The van der Waals surface area contributed by atoms with Gasteiger partial charge in [-0.2, -0.15) is 0 Å². The van der Waals surface area contributed by atoms with Crippen molar-refractivity contribution >= 4 is 23.4 Å². The van der Waals surface area contributed by atoms with Crippen molar-refractivity contribution in [3.8, 4) is 5.75 Å². The number of nitrogens with zero attached hydrogens (tertiary/aromatic N) is 1. The van der Waals surface area contributed by atoms with Crippen molar-refractivity contribution in [1.29, 1.82) is 0 Å². The van der Waals surface area contributed by atoms with E-state index in [9.17, 15) is 14.9 Å². The molecule has 2 atom stereocenters. The third kappa shape index (κ3) is 3.58. The summed E-state index contributed by atoms with van der Waals surface area (Å²) in [7, 11) is 0. The molecule has 2 rings (SSSR count). The van der Waals surface area contributed by atoms with E-state index >= 15 is 0 Å². The maximum atomic E-state index is 10.7. The van der Waals surface area contributed by atoms with Gasteiger partial charge >= 0.3 is 5.97 Å². The van der Waals surface area contributed by atoms with E-state index in [0.717, 1.165) is 0 Å². The van der Waals surface area contributed by atoms with Crippen LogP contribution < -0.4 is 10.1 Å². The van der Waals surface area contributed by atoms with Crippen molar-refractivity contribution in [3.05, 3.63) is 34.4 Å². The molecule has 2 N–H and O–H groups in total. The number of carbonyl (C=O) groups is 1. The highest BCUT2D eigenvalue weighted by Crippen LogP contribution is 2.22. The van der Waals surface area contributed by atoms with Crippen LogP contribution >= 0.6 is 11.8 Å². The zero-order valence-corrected chi connectivity index (χ0v) is 10.6. The van der Waals surface area contributed by atoms with Crippen LogP contribution in [-0.2, 0) is 4.79 Å². The molecule has 1 aliphatic rings. The Morgan fingerprint density at radius 2 is 2.21 bits per heavy atom. The standard InChI is InChI=1S/C11H12N2O5S/c14-11(15)9-6-19-10(12-9)5-18-8-3-1-7(2-4-8)13(16)17/h1-4,9-10,12H,5-6H2,(H,14,15). The van der Waals surface area contributed by atoms with Crippen LogP contribution in [0.5, 0.6) is 5.75 Å². The molecule has 1 saturated heterocycles. The number of nitro benzene ring substituents is 1. The van der Waals surface area contributed by atoms with Crippen LogP contribution in [0, 0.1) is 10.1 Å². The molecular formula is C11H12N2O5S. The van der Waals surface area contributed by atoms with Crippen molar-refractivity contribution < 1.29 is 19.6 Å². The fourth-order valence-corrected chi connectivity index (χ4v) is 2.70. The highest BCUT2D eigenvalue weighted by Gasteiger charge is 2.29. The fraction of sp³-hybridized carbons (Fsp3) is 0.364. The molecule has 1 aromatic rings. The van der Waals surface area contributed by atoms with E-state index in [1.807, 2.05) is 0 Å². The lowest BCUT2D eigenvalue weighted by Crippen LogP contribution is -2.38. The van der Waals surface area contributed by atoms with E-state index in [4.69, 9.17) is 9.84 Å². The molecule has 102 valence electrons.